The van der Waals surface area contributed by atoms with Gasteiger partial charge in [0.1, 0.15) is 5.69 Å². The summed E-state index contributed by atoms with van der Waals surface area (Å²) in [5.41, 5.74) is -2.07. The third-order valence-corrected chi connectivity index (χ3v) is 3.49. The highest BCUT2D eigenvalue weighted by Crippen LogP contribution is 2.29. The molecule has 0 aliphatic rings. The van der Waals surface area contributed by atoms with Crippen LogP contribution in [0.5, 0.6) is 0 Å². The van der Waals surface area contributed by atoms with Crippen molar-refractivity contribution in [3.63, 3.8) is 0 Å². The lowest BCUT2D eigenvalue weighted by Crippen LogP contribution is -2.21. The van der Waals surface area contributed by atoms with Gasteiger partial charge < -0.3 is 10.3 Å². The molecule has 24 heavy (non-hydrogen) atoms. The third-order valence-electron chi connectivity index (χ3n) is 3.49. The van der Waals surface area contributed by atoms with E-state index in [4.69, 9.17) is 0 Å². The van der Waals surface area contributed by atoms with E-state index in [0.717, 1.165) is 10.8 Å². The summed E-state index contributed by atoms with van der Waals surface area (Å²) in [6.07, 6.45) is -4.05. The van der Waals surface area contributed by atoms with Gasteiger partial charge in [-0.3, -0.25) is 9.59 Å². The standard InChI is InChI=1S/C17H11F3N2O2/c18-17(19,20)13-8-14(16(24)21-9-13)22-15(23)12-6-5-10-3-1-2-4-11(10)7-12/h1-9H,(H,21,24)(H,22,23). The highest BCUT2D eigenvalue weighted by molar-refractivity contribution is 6.06. The molecule has 4 nitrogen and oxygen atoms in total. The minimum Gasteiger partial charge on any atom is -0.327 e. The lowest BCUT2D eigenvalue weighted by molar-refractivity contribution is -0.137. The van der Waals surface area contributed by atoms with Crippen molar-refractivity contribution in [1.82, 2.24) is 4.98 Å². The molecule has 0 saturated carbocycles. The Hall–Kier alpha value is -3.09. The van der Waals surface area contributed by atoms with E-state index in [2.05, 4.69) is 5.32 Å². The number of amides is 1. The van der Waals surface area contributed by atoms with Crippen molar-refractivity contribution in [2.75, 3.05) is 5.32 Å². The van der Waals surface area contributed by atoms with Gasteiger partial charge in [-0.1, -0.05) is 30.3 Å². The van der Waals surface area contributed by atoms with Crippen molar-refractivity contribution in [2.24, 2.45) is 0 Å². The van der Waals surface area contributed by atoms with Crippen molar-refractivity contribution in [1.29, 1.82) is 0 Å². The fourth-order valence-electron chi connectivity index (χ4n) is 2.27. The Kier molecular flexibility index (Phi) is 3.84. The summed E-state index contributed by atoms with van der Waals surface area (Å²) in [6, 6.07) is 12.8. The van der Waals surface area contributed by atoms with Gasteiger partial charge in [0.2, 0.25) is 0 Å². The van der Waals surface area contributed by atoms with Gasteiger partial charge in [0.05, 0.1) is 5.56 Å². The van der Waals surface area contributed by atoms with Crippen LogP contribution in [0.4, 0.5) is 18.9 Å². The molecule has 0 aliphatic carbocycles. The number of hydrogen-bond acceptors (Lipinski definition) is 2. The maximum atomic E-state index is 12.7. The molecule has 0 saturated heterocycles. The number of alkyl halides is 3. The largest absolute Gasteiger partial charge is 0.417 e. The molecule has 0 bridgehead atoms. The zero-order chi connectivity index (χ0) is 17.3. The smallest absolute Gasteiger partial charge is 0.327 e. The third kappa shape index (κ3) is 3.15. The van der Waals surface area contributed by atoms with Gasteiger partial charge in [0, 0.05) is 11.8 Å². The van der Waals surface area contributed by atoms with E-state index in [1.54, 1.807) is 18.2 Å². The minimum atomic E-state index is -4.62. The molecule has 0 atom stereocenters. The van der Waals surface area contributed by atoms with E-state index < -0.39 is 28.9 Å². The summed E-state index contributed by atoms with van der Waals surface area (Å²) in [6.45, 7) is 0. The van der Waals surface area contributed by atoms with Crippen LogP contribution in [0.25, 0.3) is 10.8 Å². The average Bonchev–Trinajstić information content (AvgIpc) is 2.55. The molecule has 0 fully saturated rings. The first-order valence-corrected chi connectivity index (χ1v) is 6.95. The van der Waals surface area contributed by atoms with E-state index in [1.165, 1.54) is 0 Å². The molecular weight excluding hydrogens is 321 g/mol. The molecule has 1 heterocycles. The van der Waals surface area contributed by atoms with Crippen molar-refractivity contribution < 1.29 is 18.0 Å². The Labute approximate surface area is 133 Å². The Balaban J connectivity index is 1.92. The SMILES string of the molecule is O=C(Nc1cc(C(F)(F)F)c[nH]c1=O)c1ccc2ccccc2c1. The number of fused-ring (bicyclic) bond motifs is 1. The Bertz CT molecular complexity index is 977. The Morgan fingerprint density at radius 2 is 1.71 bits per heavy atom. The van der Waals surface area contributed by atoms with Crippen LogP contribution >= 0.6 is 0 Å². The predicted octanol–water partition coefficient (Wildman–Crippen LogP) is 3.80. The fourth-order valence-corrected chi connectivity index (χ4v) is 2.27. The van der Waals surface area contributed by atoms with Crippen LogP contribution in [-0.4, -0.2) is 10.9 Å². The van der Waals surface area contributed by atoms with Crippen LogP contribution in [0.1, 0.15) is 15.9 Å². The van der Waals surface area contributed by atoms with Crippen LogP contribution < -0.4 is 10.9 Å². The first kappa shape index (κ1) is 15.8. The molecule has 122 valence electrons. The number of benzene rings is 2. The molecule has 0 radical (unpaired) electrons. The molecule has 2 N–H and O–H groups in total. The molecule has 2 aromatic carbocycles. The summed E-state index contributed by atoms with van der Waals surface area (Å²) < 4.78 is 38.1. The van der Waals surface area contributed by atoms with Gasteiger partial charge in [0.25, 0.3) is 11.5 Å². The van der Waals surface area contributed by atoms with Crippen molar-refractivity contribution in [3.05, 3.63) is 76.2 Å². The number of halogens is 3. The average molecular weight is 332 g/mol. The topological polar surface area (TPSA) is 62.0 Å². The van der Waals surface area contributed by atoms with E-state index in [1.807, 2.05) is 29.2 Å². The van der Waals surface area contributed by atoms with Crippen LogP contribution in [0, 0.1) is 0 Å². The van der Waals surface area contributed by atoms with E-state index in [0.29, 0.717) is 12.3 Å². The second-order valence-corrected chi connectivity index (χ2v) is 5.14. The molecule has 7 heteroatoms. The Morgan fingerprint density at radius 3 is 2.42 bits per heavy atom. The second-order valence-electron chi connectivity index (χ2n) is 5.14. The predicted molar refractivity (Wildman–Crippen MR) is 84.0 cm³/mol. The molecule has 3 aromatic rings. The number of carbonyl (C=O) groups excluding carboxylic acids is 1. The fraction of sp³-hybridized carbons (Fsp3) is 0.0588. The molecule has 0 unspecified atom stereocenters. The molecule has 1 aromatic heterocycles. The summed E-state index contributed by atoms with van der Waals surface area (Å²) in [5, 5.41) is 3.95. The van der Waals surface area contributed by atoms with Gasteiger partial charge >= 0.3 is 6.18 Å². The molecule has 3 rings (SSSR count). The number of nitrogens with one attached hydrogen (secondary N) is 2. The van der Waals surface area contributed by atoms with Crippen molar-refractivity contribution in [3.8, 4) is 0 Å². The van der Waals surface area contributed by atoms with Crippen LogP contribution in [0.2, 0.25) is 0 Å². The molecule has 0 aliphatic heterocycles. The first-order valence-electron chi connectivity index (χ1n) is 6.95. The number of hydrogen-bond donors (Lipinski definition) is 2. The molecule has 0 spiro atoms. The summed E-state index contributed by atoms with van der Waals surface area (Å²) in [7, 11) is 0. The van der Waals surface area contributed by atoms with E-state index in [-0.39, 0.29) is 5.56 Å². The van der Waals surface area contributed by atoms with Gasteiger partial charge in [-0.05, 0) is 29.0 Å². The van der Waals surface area contributed by atoms with Gasteiger partial charge in [-0.2, -0.15) is 13.2 Å². The highest BCUT2D eigenvalue weighted by atomic mass is 19.4. The quantitative estimate of drug-likeness (QED) is 0.750. The summed E-state index contributed by atoms with van der Waals surface area (Å²) in [5.74, 6) is -0.662. The lowest BCUT2D eigenvalue weighted by Gasteiger charge is -2.09. The lowest BCUT2D eigenvalue weighted by atomic mass is 10.1. The summed E-state index contributed by atoms with van der Waals surface area (Å²) >= 11 is 0. The number of pyridine rings is 1. The highest BCUT2D eigenvalue weighted by Gasteiger charge is 2.31. The molecular formula is C17H11F3N2O2. The van der Waals surface area contributed by atoms with Crippen LogP contribution in [0.15, 0.2) is 59.5 Å². The van der Waals surface area contributed by atoms with Crippen LogP contribution in [-0.2, 0) is 6.18 Å². The van der Waals surface area contributed by atoms with Gasteiger partial charge in [0.15, 0.2) is 0 Å². The van der Waals surface area contributed by atoms with Crippen molar-refractivity contribution in [2.45, 2.75) is 6.18 Å². The maximum Gasteiger partial charge on any atom is 0.417 e. The number of H-pyrrole nitrogens is 1. The second kappa shape index (κ2) is 5.84. The monoisotopic (exact) mass is 332 g/mol. The number of aromatic nitrogens is 1. The summed E-state index contributed by atoms with van der Waals surface area (Å²) in [4.78, 5) is 25.8. The Morgan fingerprint density at radius 1 is 1.00 bits per heavy atom. The van der Waals surface area contributed by atoms with Gasteiger partial charge in [-0.15, -0.1) is 0 Å². The number of aromatic amines is 1. The van der Waals surface area contributed by atoms with Gasteiger partial charge in [-0.25, -0.2) is 0 Å². The number of rotatable bonds is 2. The van der Waals surface area contributed by atoms with Crippen LogP contribution in [0.3, 0.4) is 0 Å². The number of carbonyl (C=O) groups is 1. The van der Waals surface area contributed by atoms with E-state index >= 15 is 0 Å². The zero-order valence-electron chi connectivity index (χ0n) is 12.1. The molecule has 1 amide bonds. The normalized spacial score (nSPS) is 11.5. The maximum absolute atomic E-state index is 12.7. The first-order chi connectivity index (χ1) is 11.3. The van der Waals surface area contributed by atoms with E-state index in [9.17, 15) is 22.8 Å². The van der Waals surface area contributed by atoms with Crippen molar-refractivity contribution >= 4 is 22.4 Å². The minimum absolute atomic E-state index is 0.241. The zero-order valence-corrected chi connectivity index (χ0v) is 12.1. The number of anilines is 1.